The van der Waals surface area contributed by atoms with Crippen molar-refractivity contribution < 1.29 is 4.74 Å². The Morgan fingerprint density at radius 3 is 2.79 bits per heavy atom. The zero-order chi connectivity index (χ0) is 13.1. The van der Waals surface area contributed by atoms with Crippen LogP contribution in [0.1, 0.15) is 44.6 Å². The molecule has 1 N–H and O–H groups in total. The number of H-pyrrole nitrogens is 1. The summed E-state index contributed by atoms with van der Waals surface area (Å²) in [5, 5.41) is 7.46. The van der Waals surface area contributed by atoms with Crippen LogP contribution in [-0.2, 0) is 4.74 Å². The number of rotatable bonds is 2. The minimum Gasteiger partial charge on any atom is -0.380 e. The number of hydrogen-bond acceptors (Lipinski definition) is 4. The van der Waals surface area contributed by atoms with E-state index in [1.165, 1.54) is 32.1 Å². The minimum atomic E-state index is 0.527. The van der Waals surface area contributed by atoms with Crippen molar-refractivity contribution in [2.24, 2.45) is 0 Å². The number of anilines is 1. The van der Waals surface area contributed by atoms with Gasteiger partial charge in [-0.05, 0) is 31.5 Å². The molecule has 0 bridgehead atoms. The van der Waals surface area contributed by atoms with E-state index in [0.717, 1.165) is 43.4 Å². The van der Waals surface area contributed by atoms with E-state index in [2.05, 4.69) is 19.7 Å². The first-order valence-corrected chi connectivity index (χ1v) is 7.76. The van der Waals surface area contributed by atoms with Crippen LogP contribution in [0, 0.1) is 4.77 Å². The molecule has 1 aromatic heterocycles. The van der Waals surface area contributed by atoms with Gasteiger partial charge in [0.15, 0.2) is 4.77 Å². The Kier molecular flexibility index (Phi) is 4.18. The van der Waals surface area contributed by atoms with E-state index in [1.807, 2.05) is 0 Å². The number of hydrogen-bond donors (Lipinski definition) is 1. The molecule has 1 aliphatic heterocycles. The molecule has 0 spiro atoms. The van der Waals surface area contributed by atoms with Crippen molar-refractivity contribution >= 4 is 18.2 Å². The summed E-state index contributed by atoms with van der Waals surface area (Å²) < 4.78 is 8.54. The lowest BCUT2D eigenvalue weighted by Gasteiger charge is -2.28. The average molecular weight is 282 g/mol. The van der Waals surface area contributed by atoms with Crippen LogP contribution in [0.3, 0.4) is 0 Å². The Morgan fingerprint density at radius 2 is 1.95 bits per heavy atom. The molecule has 106 valence electrons. The first-order valence-electron chi connectivity index (χ1n) is 7.36. The summed E-state index contributed by atoms with van der Waals surface area (Å²) in [7, 11) is 0. The lowest BCUT2D eigenvalue weighted by molar-refractivity contribution is 0.152. The van der Waals surface area contributed by atoms with Crippen LogP contribution in [-0.4, -0.2) is 41.1 Å². The average Bonchev–Trinajstić information content (AvgIpc) is 2.67. The maximum atomic E-state index is 5.52. The molecule has 0 amide bonds. The molecule has 0 atom stereocenters. The van der Waals surface area contributed by atoms with Gasteiger partial charge in [0.2, 0.25) is 5.95 Å². The minimum absolute atomic E-state index is 0.527. The SMILES string of the molecule is S=c1[nH]nc(N2CCCOCC2)n1C1CCCCC1. The molecule has 1 aliphatic carbocycles. The van der Waals surface area contributed by atoms with Gasteiger partial charge in [0.25, 0.3) is 0 Å². The van der Waals surface area contributed by atoms with E-state index in [0.29, 0.717) is 6.04 Å². The molecule has 6 heteroatoms. The third-order valence-corrected chi connectivity index (χ3v) is 4.42. The molecule has 0 aromatic carbocycles. The van der Waals surface area contributed by atoms with Crippen molar-refractivity contribution in [1.29, 1.82) is 0 Å². The van der Waals surface area contributed by atoms with E-state index in [9.17, 15) is 0 Å². The highest BCUT2D eigenvalue weighted by molar-refractivity contribution is 7.71. The zero-order valence-electron chi connectivity index (χ0n) is 11.3. The molecule has 2 fully saturated rings. The fraction of sp³-hybridized carbons (Fsp3) is 0.846. The van der Waals surface area contributed by atoms with Crippen LogP contribution in [0.4, 0.5) is 5.95 Å². The van der Waals surface area contributed by atoms with Crippen LogP contribution in [0.15, 0.2) is 0 Å². The third-order valence-electron chi connectivity index (χ3n) is 4.13. The lowest BCUT2D eigenvalue weighted by atomic mass is 9.95. The van der Waals surface area contributed by atoms with Crippen molar-refractivity contribution in [3.05, 3.63) is 4.77 Å². The summed E-state index contributed by atoms with van der Waals surface area (Å²) in [6.45, 7) is 3.55. The Morgan fingerprint density at radius 1 is 1.11 bits per heavy atom. The number of nitrogens with one attached hydrogen (secondary N) is 1. The summed E-state index contributed by atoms with van der Waals surface area (Å²) >= 11 is 5.44. The molecule has 2 aliphatic rings. The topological polar surface area (TPSA) is 46.1 Å². The molecule has 1 saturated heterocycles. The molecule has 1 saturated carbocycles. The van der Waals surface area contributed by atoms with Gasteiger partial charge in [0.05, 0.1) is 6.61 Å². The van der Waals surface area contributed by atoms with Crippen molar-refractivity contribution in [3.8, 4) is 0 Å². The molecule has 5 nitrogen and oxygen atoms in total. The van der Waals surface area contributed by atoms with Crippen LogP contribution in [0.25, 0.3) is 0 Å². The van der Waals surface area contributed by atoms with Gasteiger partial charge in [-0.25, -0.2) is 5.10 Å². The molecule has 1 aromatic rings. The second kappa shape index (κ2) is 6.05. The Hall–Kier alpha value is -0.880. The Bertz CT molecular complexity index is 455. The number of aromatic amines is 1. The van der Waals surface area contributed by atoms with E-state index in [-0.39, 0.29) is 0 Å². The van der Waals surface area contributed by atoms with E-state index < -0.39 is 0 Å². The van der Waals surface area contributed by atoms with Crippen LogP contribution in [0.5, 0.6) is 0 Å². The maximum absolute atomic E-state index is 5.52. The second-order valence-corrected chi connectivity index (χ2v) is 5.83. The summed E-state index contributed by atoms with van der Waals surface area (Å²) in [5.74, 6) is 1.02. The number of ether oxygens (including phenoxy) is 1. The molecule has 2 heterocycles. The van der Waals surface area contributed by atoms with Crippen LogP contribution >= 0.6 is 12.2 Å². The second-order valence-electron chi connectivity index (χ2n) is 5.44. The Labute approximate surface area is 118 Å². The maximum Gasteiger partial charge on any atom is 0.226 e. The van der Waals surface area contributed by atoms with Gasteiger partial charge < -0.3 is 9.64 Å². The lowest BCUT2D eigenvalue weighted by Crippen LogP contribution is -2.30. The Balaban J connectivity index is 1.86. The highest BCUT2D eigenvalue weighted by Crippen LogP contribution is 2.31. The number of nitrogens with zero attached hydrogens (tertiary/aromatic N) is 3. The number of aromatic nitrogens is 3. The standard InChI is InChI=1S/C13H22N4OS/c19-13-15-14-12(16-7-4-9-18-10-8-16)17(13)11-5-2-1-3-6-11/h11H,1-10H2,(H,15,19). The van der Waals surface area contributed by atoms with Gasteiger partial charge in [-0.2, -0.15) is 0 Å². The summed E-state index contributed by atoms with van der Waals surface area (Å²) in [6, 6.07) is 0.527. The fourth-order valence-corrected chi connectivity index (χ4v) is 3.41. The summed E-state index contributed by atoms with van der Waals surface area (Å²) in [4.78, 5) is 2.31. The predicted molar refractivity (Wildman–Crippen MR) is 77.2 cm³/mol. The fourth-order valence-electron chi connectivity index (χ4n) is 3.13. The van der Waals surface area contributed by atoms with Crippen molar-refractivity contribution in [2.75, 3.05) is 31.2 Å². The first kappa shape index (κ1) is 13.1. The first-order chi connectivity index (χ1) is 9.36. The third kappa shape index (κ3) is 2.84. The zero-order valence-corrected chi connectivity index (χ0v) is 12.1. The molecule has 0 radical (unpaired) electrons. The molecule has 0 unspecified atom stereocenters. The van der Waals surface area contributed by atoms with Crippen molar-refractivity contribution in [2.45, 2.75) is 44.6 Å². The summed E-state index contributed by atoms with van der Waals surface area (Å²) in [6.07, 6.45) is 7.48. The van der Waals surface area contributed by atoms with E-state index >= 15 is 0 Å². The quantitative estimate of drug-likeness (QED) is 0.847. The van der Waals surface area contributed by atoms with Gasteiger partial charge in [0.1, 0.15) is 0 Å². The monoisotopic (exact) mass is 282 g/mol. The van der Waals surface area contributed by atoms with Crippen molar-refractivity contribution in [1.82, 2.24) is 14.8 Å². The highest BCUT2D eigenvalue weighted by atomic mass is 32.1. The van der Waals surface area contributed by atoms with Gasteiger partial charge in [0, 0.05) is 25.7 Å². The van der Waals surface area contributed by atoms with Crippen LogP contribution in [0.2, 0.25) is 0 Å². The van der Waals surface area contributed by atoms with E-state index in [1.54, 1.807) is 0 Å². The molecular weight excluding hydrogens is 260 g/mol. The normalized spacial score (nSPS) is 22.4. The highest BCUT2D eigenvalue weighted by Gasteiger charge is 2.23. The molecule has 3 rings (SSSR count). The smallest absolute Gasteiger partial charge is 0.226 e. The molecular formula is C13H22N4OS. The van der Waals surface area contributed by atoms with Gasteiger partial charge >= 0.3 is 0 Å². The van der Waals surface area contributed by atoms with E-state index in [4.69, 9.17) is 17.0 Å². The summed E-state index contributed by atoms with van der Waals surface area (Å²) in [5.41, 5.74) is 0. The van der Waals surface area contributed by atoms with Gasteiger partial charge in [-0.1, -0.05) is 19.3 Å². The molecule has 19 heavy (non-hydrogen) atoms. The van der Waals surface area contributed by atoms with Crippen LogP contribution < -0.4 is 4.90 Å². The van der Waals surface area contributed by atoms with Crippen molar-refractivity contribution in [3.63, 3.8) is 0 Å². The van der Waals surface area contributed by atoms with Gasteiger partial charge in [-0.3, -0.25) is 4.57 Å². The van der Waals surface area contributed by atoms with Gasteiger partial charge in [-0.15, -0.1) is 5.10 Å². The largest absolute Gasteiger partial charge is 0.380 e. The predicted octanol–water partition coefficient (Wildman–Crippen LogP) is 2.67.